The number of Topliss-reactive ketones (excluding diaryl/α,β-unsaturated/α-hetero) is 1. The number of hydrogen-bond acceptors (Lipinski definition) is 11. The summed E-state index contributed by atoms with van der Waals surface area (Å²) in [6, 6.07) is 0. The lowest BCUT2D eigenvalue weighted by molar-refractivity contribution is -0.293. The van der Waals surface area contributed by atoms with Gasteiger partial charge < -0.3 is 54.2 Å². The number of carbonyl (C=O) groups excluding carboxylic acids is 2. The van der Waals surface area contributed by atoms with Crippen LogP contribution in [0.15, 0.2) is 0 Å². The van der Waals surface area contributed by atoms with Gasteiger partial charge in [-0.1, -0.05) is 0 Å². The average molecular weight is 564 g/mol. The molecule has 0 spiro atoms. The van der Waals surface area contributed by atoms with Crippen molar-refractivity contribution in [3.63, 3.8) is 0 Å². The highest BCUT2D eigenvalue weighted by Crippen LogP contribution is 2.23. The van der Waals surface area contributed by atoms with E-state index >= 15 is 0 Å². The predicted octanol–water partition coefficient (Wildman–Crippen LogP) is 0.242. The Balaban J connectivity index is 1.72. The van der Waals surface area contributed by atoms with Gasteiger partial charge in [0.25, 0.3) is 0 Å². The normalized spacial score (nSPS) is 33.2. The molecule has 5 N–H and O–H groups in total. The highest BCUT2D eigenvalue weighted by Gasteiger charge is 2.42. The van der Waals surface area contributed by atoms with Crippen LogP contribution in [0.3, 0.4) is 0 Å². The first-order valence-electron chi connectivity index (χ1n) is 14.2. The van der Waals surface area contributed by atoms with Crippen LogP contribution in [0, 0.1) is 0 Å². The summed E-state index contributed by atoms with van der Waals surface area (Å²) < 4.78 is 22.3. The van der Waals surface area contributed by atoms with Gasteiger partial charge in [0.05, 0.1) is 18.3 Å². The van der Waals surface area contributed by atoms with Gasteiger partial charge in [-0.2, -0.15) is 0 Å². The van der Waals surface area contributed by atoms with Crippen LogP contribution in [-0.2, 0) is 28.5 Å². The van der Waals surface area contributed by atoms with Crippen LogP contribution in [0.25, 0.3) is 0 Å². The number of hydrogen-bond donors (Lipinski definition) is 5. The molecule has 2 aliphatic heterocycles. The lowest BCUT2D eigenvalue weighted by atomic mass is 10.0. The molecule has 9 atom stereocenters. The minimum absolute atomic E-state index is 0.0268. The van der Waals surface area contributed by atoms with Crippen molar-refractivity contribution in [3.8, 4) is 0 Å². The van der Waals surface area contributed by atoms with Gasteiger partial charge >= 0.3 is 0 Å². The largest absolute Gasteiger partial charge is 0.390 e. The molecule has 0 aromatic heterocycles. The Labute approximate surface area is 231 Å². The van der Waals surface area contributed by atoms with Crippen LogP contribution < -0.4 is 0 Å². The predicted molar refractivity (Wildman–Crippen MR) is 139 cm³/mol. The summed E-state index contributed by atoms with van der Waals surface area (Å²) in [4.78, 5) is 25.8. The summed E-state index contributed by atoms with van der Waals surface area (Å²) in [7, 11) is 0. The Morgan fingerprint density at radius 2 is 1.33 bits per heavy atom. The van der Waals surface area contributed by atoms with Gasteiger partial charge in [-0.25, -0.2) is 0 Å². The van der Waals surface area contributed by atoms with Crippen LogP contribution in [0.2, 0.25) is 0 Å². The minimum atomic E-state index is -1.35. The number of amides is 1. The fourth-order valence-corrected chi connectivity index (χ4v) is 4.68. The molecule has 0 unspecified atom stereocenters. The molecule has 0 saturated carbocycles. The summed E-state index contributed by atoms with van der Waals surface area (Å²) in [5, 5.41) is 49.4. The number of ketones is 1. The average Bonchev–Trinajstić information content (AvgIpc) is 2.89. The molecule has 0 aromatic carbocycles. The molecule has 39 heavy (non-hydrogen) atoms. The highest BCUT2D eigenvalue weighted by atomic mass is 16.7. The Kier molecular flexibility index (Phi) is 15.3. The zero-order valence-electron chi connectivity index (χ0n) is 23.5. The Morgan fingerprint density at radius 3 is 1.95 bits per heavy atom. The van der Waals surface area contributed by atoms with Gasteiger partial charge in [0.15, 0.2) is 12.6 Å². The van der Waals surface area contributed by atoms with Gasteiger partial charge in [-0.15, -0.1) is 0 Å². The SMILES string of the molecule is CC(=O)CCCCC(=O)N(CCCCO[C@H]1C[C@H](O)[C@H](O)[C@H](C)O1)CCCCO[C@@H]1O[C@@H](C)[C@@H](O)[C@@H](O)[C@@H]1O. The Morgan fingerprint density at radius 1 is 0.744 bits per heavy atom. The molecule has 0 radical (unpaired) electrons. The van der Waals surface area contributed by atoms with E-state index in [2.05, 4.69) is 0 Å². The molecule has 12 heteroatoms. The molecule has 12 nitrogen and oxygen atoms in total. The summed E-state index contributed by atoms with van der Waals surface area (Å²) in [6.07, 6.45) is -3.42. The maximum absolute atomic E-state index is 12.9. The van der Waals surface area contributed by atoms with E-state index in [-0.39, 0.29) is 24.7 Å². The van der Waals surface area contributed by atoms with Crippen molar-refractivity contribution in [2.24, 2.45) is 0 Å². The van der Waals surface area contributed by atoms with Crippen molar-refractivity contribution in [2.45, 2.75) is 134 Å². The summed E-state index contributed by atoms with van der Waals surface area (Å²) in [5.41, 5.74) is 0. The third-order valence-electron chi connectivity index (χ3n) is 7.24. The molecule has 2 fully saturated rings. The summed E-state index contributed by atoms with van der Waals surface area (Å²) in [6.45, 7) is 6.55. The standard InChI is InChI=1S/C27H49NO11/c1-17(29)10-4-5-11-21(31)28(12-6-8-14-36-22-16-20(30)23(32)18(2)38-22)13-7-9-15-37-27-26(35)25(34)24(33)19(3)39-27/h18-20,22-27,30,32-35H,4-16H2,1-3H3/t18-,19-,20-,22+,23+,24+,25+,26-,27+/m0/s1. The molecule has 2 aliphatic rings. The first-order chi connectivity index (χ1) is 18.5. The third kappa shape index (κ3) is 11.7. The Bertz CT molecular complexity index is 714. The van der Waals surface area contributed by atoms with E-state index in [1.165, 1.54) is 0 Å². The monoisotopic (exact) mass is 563 g/mol. The van der Waals surface area contributed by atoms with Crippen molar-refractivity contribution in [2.75, 3.05) is 26.3 Å². The molecule has 2 heterocycles. The second kappa shape index (κ2) is 17.6. The first-order valence-corrected chi connectivity index (χ1v) is 14.2. The minimum Gasteiger partial charge on any atom is -0.390 e. The van der Waals surface area contributed by atoms with Crippen molar-refractivity contribution in [1.29, 1.82) is 0 Å². The highest BCUT2D eigenvalue weighted by molar-refractivity contribution is 5.77. The number of aliphatic hydroxyl groups excluding tert-OH is 5. The van der Waals surface area contributed by atoms with Crippen LogP contribution in [-0.4, -0.2) is 124 Å². The van der Waals surface area contributed by atoms with E-state index in [1.807, 2.05) is 0 Å². The van der Waals surface area contributed by atoms with E-state index in [4.69, 9.17) is 18.9 Å². The van der Waals surface area contributed by atoms with E-state index in [0.717, 1.165) is 0 Å². The number of carbonyl (C=O) groups is 2. The molecule has 228 valence electrons. The lowest BCUT2D eigenvalue weighted by Crippen LogP contribution is -2.57. The van der Waals surface area contributed by atoms with Crippen LogP contribution >= 0.6 is 0 Å². The van der Waals surface area contributed by atoms with E-state index in [9.17, 15) is 35.1 Å². The van der Waals surface area contributed by atoms with Gasteiger partial charge in [-0.05, 0) is 59.3 Å². The zero-order chi connectivity index (χ0) is 28.9. The molecule has 0 aliphatic carbocycles. The summed E-state index contributed by atoms with van der Waals surface area (Å²) in [5.74, 6) is 0.139. The second-order valence-corrected chi connectivity index (χ2v) is 10.7. The smallest absolute Gasteiger partial charge is 0.222 e. The fourth-order valence-electron chi connectivity index (χ4n) is 4.68. The second-order valence-electron chi connectivity index (χ2n) is 10.7. The quantitative estimate of drug-likeness (QED) is 0.153. The van der Waals surface area contributed by atoms with Crippen molar-refractivity contribution in [1.82, 2.24) is 4.90 Å². The molecule has 2 saturated heterocycles. The molecule has 0 aromatic rings. The summed E-state index contributed by atoms with van der Waals surface area (Å²) >= 11 is 0. The number of ether oxygens (including phenoxy) is 4. The molecule has 0 bridgehead atoms. The van der Waals surface area contributed by atoms with Crippen LogP contribution in [0.1, 0.15) is 78.6 Å². The number of rotatable bonds is 17. The van der Waals surface area contributed by atoms with Crippen molar-refractivity contribution in [3.05, 3.63) is 0 Å². The van der Waals surface area contributed by atoms with E-state index in [0.29, 0.717) is 71.1 Å². The maximum Gasteiger partial charge on any atom is 0.222 e. The topological polar surface area (TPSA) is 175 Å². The van der Waals surface area contributed by atoms with Gasteiger partial charge in [0, 0.05) is 45.6 Å². The number of nitrogens with zero attached hydrogens (tertiary/aromatic N) is 1. The van der Waals surface area contributed by atoms with Gasteiger partial charge in [0.2, 0.25) is 5.91 Å². The molecule has 2 rings (SSSR count). The number of aliphatic hydroxyl groups is 5. The van der Waals surface area contributed by atoms with Crippen molar-refractivity contribution >= 4 is 11.7 Å². The van der Waals surface area contributed by atoms with Crippen molar-refractivity contribution < 1.29 is 54.1 Å². The molecule has 1 amide bonds. The van der Waals surface area contributed by atoms with Gasteiger partial charge in [0.1, 0.15) is 30.2 Å². The lowest BCUT2D eigenvalue weighted by Gasteiger charge is -2.38. The fraction of sp³-hybridized carbons (Fsp3) is 0.926. The van der Waals surface area contributed by atoms with Gasteiger partial charge in [-0.3, -0.25) is 4.79 Å². The molecular formula is C27H49NO11. The first kappa shape index (κ1) is 34.0. The zero-order valence-corrected chi connectivity index (χ0v) is 23.5. The maximum atomic E-state index is 12.9. The number of unbranched alkanes of at least 4 members (excludes halogenated alkanes) is 3. The molecular weight excluding hydrogens is 514 g/mol. The van der Waals surface area contributed by atoms with E-state index in [1.54, 1.807) is 25.7 Å². The van der Waals surface area contributed by atoms with E-state index < -0.39 is 55.3 Å². The van der Waals surface area contributed by atoms with Crippen LogP contribution in [0.5, 0.6) is 0 Å². The third-order valence-corrected chi connectivity index (χ3v) is 7.24. The van der Waals surface area contributed by atoms with Crippen LogP contribution in [0.4, 0.5) is 0 Å². The Hall–Kier alpha value is -1.22.